The van der Waals surface area contributed by atoms with Gasteiger partial charge in [-0.1, -0.05) is 0 Å². The lowest BCUT2D eigenvalue weighted by atomic mass is 10.2. The fraction of sp³-hybridized carbons (Fsp3) is 0.286. The summed E-state index contributed by atoms with van der Waals surface area (Å²) in [4.78, 5) is 34.0. The molecule has 5 rings (SSSR count). The third kappa shape index (κ3) is 4.26. The highest BCUT2D eigenvalue weighted by Gasteiger charge is 2.31. The van der Waals surface area contributed by atoms with Crippen LogP contribution in [-0.2, 0) is 11.3 Å². The number of hydrogen-bond acceptors (Lipinski definition) is 5. The van der Waals surface area contributed by atoms with E-state index in [-0.39, 0.29) is 52.6 Å². The van der Waals surface area contributed by atoms with E-state index in [0.717, 1.165) is 22.9 Å². The number of imidazole rings is 1. The van der Waals surface area contributed by atoms with Crippen molar-refractivity contribution in [2.24, 2.45) is 0 Å². The quantitative estimate of drug-likeness (QED) is 0.443. The van der Waals surface area contributed by atoms with Gasteiger partial charge >= 0.3 is 6.18 Å². The second-order valence-corrected chi connectivity index (χ2v) is 7.98. The summed E-state index contributed by atoms with van der Waals surface area (Å²) in [5.41, 5.74) is -0.491. The number of aromatic nitrogens is 5. The summed E-state index contributed by atoms with van der Waals surface area (Å²) >= 11 is 0. The van der Waals surface area contributed by atoms with E-state index in [1.807, 2.05) is 0 Å². The molecule has 1 saturated heterocycles. The van der Waals surface area contributed by atoms with Crippen LogP contribution in [0.5, 0.6) is 0 Å². The van der Waals surface area contributed by atoms with E-state index in [1.165, 1.54) is 11.1 Å². The summed E-state index contributed by atoms with van der Waals surface area (Å²) in [6.07, 6.45) is -0.871. The van der Waals surface area contributed by atoms with Gasteiger partial charge in [0.25, 0.3) is 5.91 Å². The number of carbonyl (C=O) groups excluding carboxylic acids is 2. The first-order valence-electron chi connectivity index (χ1n) is 10.4. The molecule has 0 bridgehead atoms. The number of nitrogens with zero attached hydrogens (tertiary/aromatic N) is 6. The molecule has 0 saturated carbocycles. The molecule has 4 aromatic rings. The molecule has 1 aliphatic rings. The monoisotopic (exact) mass is 493 g/mol. The SMILES string of the molecule is O=C1CN(C(=O)c2cc3c(cn2)c(-c2cnc4c(F)cc(F)cn24)nn3CC(F)(F)F)CCCN1. The summed E-state index contributed by atoms with van der Waals surface area (Å²) in [5, 5.41) is 6.78. The summed E-state index contributed by atoms with van der Waals surface area (Å²) < 4.78 is 69.6. The molecule has 0 atom stereocenters. The largest absolute Gasteiger partial charge is 0.408 e. The van der Waals surface area contributed by atoms with Crippen molar-refractivity contribution in [1.29, 1.82) is 0 Å². The van der Waals surface area contributed by atoms with Gasteiger partial charge in [-0.05, 0) is 12.5 Å². The Labute approximate surface area is 193 Å². The molecule has 1 N–H and O–H groups in total. The molecule has 0 aliphatic carbocycles. The summed E-state index contributed by atoms with van der Waals surface area (Å²) in [6.45, 7) is -1.02. The predicted molar refractivity (Wildman–Crippen MR) is 111 cm³/mol. The molecule has 182 valence electrons. The zero-order chi connectivity index (χ0) is 24.9. The maximum atomic E-state index is 14.1. The molecule has 0 aromatic carbocycles. The number of nitrogens with one attached hydrogen (secondary N) is 1. The lowest BCUT2D eigenvalue weighted by molar-refractivity contribution is -0.141. The molecule has 4 aromatic heterocycles. The van der Waals surface area contributed by atoms with Crippen molar-refractivity contribution in [1.82, 2.24) is 34.4 Å². The fourth-order valence-corrected chi connectivity index (χ4v) is 4.00. The van der Waals surface area contributed by atoms with E-state index in [4.69, 9.17) is 0 Å². The minimum atomic E-state index is -4.65. The van der Waals surface area contributed by atoms with Gasteiger partial charge < -0.3 is 10.2 Å². The van der Waals surface area contributed by atoms with Gasteiger partial charge in [0.05, 0.1) is 24.0 Å². The Hall–Kier alpha value is -4.10. The number of halogens is 5. The summed E-state index contributed by atoms with van der Waals surface area (Å²) in [6, 6.07) is 1.79. The first-order valence-corrected chi connectivity index (χ1v) is 10.4. The first-order chi connectivity index (χ1) is 16.6. The Morgan fingerprint density at radius 3 is 2.71 bits per heavy atom. The predicted octanol–water partition coefficient (Wildman–Crippen LogP) is 2.55. The molecule has 1 aliphatic heterocycles. The third-order valence-electron chi connectivity index (χ3n) is 5.50. The van der Waals surface area contributed by atoms with Crippen LogP contribution in [0, 0.1) is 11.6 Å². The van der Waals surface area contributed by atoms with Crippen LogP contribution in [0.4, 0.5) is 22.0 Å². The standard InChI is InChI=1S/C21H16F5N7O2/c22-11-4-13(23)19-29-7-16(32(19)8-11)18-12-6-28-14(5-15(12)33(30-18)10-21(24,25)26)20(35)31-3-1-2-27-17(34)9-31/h4-8H,1-3,9-10H2,(H,27,34). The zero-order valence-corrected chi connectivity index (χ0v) is 17.8. The fourth-order valence-electron chi connectivity index (χ4n) is 4.00. The number of hydrogen-bond donors (Lipinski definition) is 1. The molecule has 2 amide bonds. The minimum Gasteiger partial charge on any atom is -0.354 e. The van der Waals surface area contributed by atoms with E-state index in [1.54, 1.807) is 0 Å². The molecule has 0 spiro atoms. The van der Waals surface area contributed by atoms with E-state index in [0.29, 0.717) is 23.7 Å². The van der Waals surface area contributed by atoms with Crippen molar-refractivity contribution >= 4 is 28.4 Å². The van der Waals surface area contributed by atoms with Crippen molar-refractivity contribution in [3.63, 3.8) is 0 Å². The van der Waals surface area contributed by atoms with Crippen LogP contribution in [-0.4, -0.2) is 66.7 Å². The second kappa shape index (κ2) is 8.29. The average molecular weight is 493 g/mol. The van der Waals surface area contributed by atoms with Crippen LogP contribution in [0.2, 0.25) is 0 Å². The smallest absolute Gasteiger partial charge is 0.354 e. The molecule has 0 radical (unpaired) electrons. The molecule has 14 heteroatoms. The van der Waals surface area contributed by atoms with E-state index >= 15 is 0 Å². The molecule has 5 heterocycles. The van der Waals surface area contributed by atoms with Crippen molar-refractivity contribution in [3.8, 4) is 11.4 Å². The lowest BCUT2D eigenvalue weighted by Gasteiger charge is -2.18. The molecule has 35 heavy (non-hydrogen) atoms. The highest BCUT2D eigenvalue weighted by molar-refractivity contribution is 6.00. The molecular formula is C21H16F5N7O2. The van der Waals surface area contributed by atoms with Crippen molar-refractivity contribution in [2.75, 3.05) is 19.6 Å². The average Bonchev–Trinajstić information content (AvgIpc) is 3.27. The van der Waals surface area contributed by atoms with Gasteiger partial charge in [-0.3, -0.25) is 23.7 Å². The molecule has 0 unspecified atom stereocenters. The Kier molecular flexibility index (Phi) is 5.37. The number of amides is 2. The van der Waals surface area contributed by atoms with Gasteiger partial charge in [-0.2, -0.15) is 18.3 Å². The third-order valence-corrected chi connectivity index (χ3v) is 5.50. The van der Waals surface area contributed by atoms with Crippen LogP contribution in [0.1, 0.15) is 16.9 Å². The maximum Gasteiger partial charge on any atom is 0.408 e. The highest BCUT2D eigenvalue weighted by Crippen LogP contribution is 2.31. The number of fused-ring (bicyclic) bond motifs is 2. The number of rotatable bonds is 3. The van der Waals surface area contributed by atoms with Crippen molar-refractivity contribution < 1.29 is 31.5 Å². The Morgan fingerprint density at radius 1 is 1.14 bits per heavy atom. The van der Waals surface area contributed by atoms with E-state index in [9.17, 15) is 31.5 Å². The Bertz CT molecular complexity index is 1480. The molecule has 1 fully saturated rings. The van der Waals surface area contributed by atoms with Gasteiger partial charge in [0.15, 0.2) is 11.5 Å². The van der Waals surface area contributed by atoms with E-state index < -0.39 is 30.3 Å². The van der Waals surface area contributed by atoms with Crippen molar-refractivity contribution in [2.45, 2.75) is 19.1 Å². The lowest BCUT2D eigenvalue weighted by Crippen LogP contribution is -2.37. The topological polar surface area (TPSA) is 97.4 Å². The number of alkyl halides is 3. The van der Waals surface area contributed by atoms with Crippen LogP contribution in [0.3, 0.4) is 0 Å². The first kappa shape index (κ1) is 22.7. The minimum absolute atomic E-state index is 0.0365. The Morgan fingerprint density at radius 2 is 1.94 bits per heavy atom. The van der Waals surface area contributed by atoms with Crippen LogP contribution < -0.4 is 5.32 Å². The van der Waals surface area contributed by atoms with Gasteiger partial charge in [0.1, 0.15) is 23.7 Å². The van der Waals surface area contributed by atoms with Crippen molar-refractivity contribution in [3.05, 3.63) is 48.1 Å². The van der Waals surface area contributed by atoms with Gasteiger partial charge in [-0.25, -0.2) is 13.8 Å². The van der Waals surface area contributed by atoms with Crippen LogP contribution in [0.25, 0.3) is 27.9 Å². The Balaban J connectivity index is 1.64. The number of carbonyl (C=O) groups is 2. The van der Waals surface area contributed by atoms with Crippen LogP contribution in [0.15, 0.2) is 30.7 Å². The summed E-state index contributed by atoms with van der Waals surface area (Å²) in [5.74, 6) is -2.85. The summed E-state index contributed by atoms with van der Waals surface area (Å²) in [7, 11) is 0. The van der Waals surface area contributed by atoms with E-state index in [2.05, 4.69) is 20.4 Å². The van der Waals surface area contributed by atoms with Gasteiger partial charge in [-0.15, -0.1) is 0 Å². The van der Waals surface area contributed by atoms with Gasteiger partial charge in [0, 0.05) is 36.9 Å². The van der Waals surface area contributed by atoms with Crippen LogP contribution >= 0.6 is 0 Å². The van der Waals surface area contributed by atoms with Gasteiger partial charge in [0.2, 0.25) is 5.91 Å². The molecular weight excluding hydrogens is 477 g/mol. The highest BCUT2D eigenvalue weighted by atomic mass is 19.4. The second-order valence-electron chi connectivity index (χ2n) is 7.98. The zero-order valence-electron chi connectivity index (χ0n) is 17.8. The number of pyridine rings is 2. The molecule has 9 nitrogen and oxygen atoms in total. The normalized spacial score (nSPS) is 15.0. The maximum absolute atomic E-state index is 14.1.